The molecule has 0 aromatic rings. The molecule has 0 aliphatic heterocycles. The van der Waals surface area contributed by atoms with Crippen molar-refractivity contribution in [3.8, 4) is 0 Å². The van der Waals surface area contributed by atoms with Gasteiger partial charge in [-0.1, -0.05) is 6.08 Å². The molecule has 0 saturated carbocycles. The van der Waals surface area contributed by atoms with E-state index in [1.807, 2.05) is 0 Å². The van der Waals surface area contributed by atoms with Crippen LogP contribution in [-0.4, -0.2) is 29.0 Å². The monoisotopic (exact) mass is 196 g/mol. The van der Waals surface area contributed by atoms with Crippen LogP contribution in [0.1, 0.15) is 6.42 Å². The lowest BCUT2D eigenvalue weighted by atomic mass is 10.1. The van der Waals surface area contributed by atoms with Crippen molar-refractivity contribution in [3.05, 3.63) is 12.7 Å². The van der Waals surface area contributed by atoms with Crippen molar-refractivity contribution in [3.63, 3.8) is 0 Å². The Kier molecular flexibility index (Phi) is 3.65. The van der Waals surface area contributed by atoms with Crippen molar-refractivity contribution in [1.82, 2.24) is 0 Å². The van der Waals surface area contributed by atoms with E-state index in [9.17, 15) is 22.8 Å². The molecule has 0 radical (unpaired) electrons. The van der Waals surface area contributed by atoms with E-state index in [1.54, 1.807) is 0 Å². The van der Waals surface area contributed by atoms with Gasteiger partial charge in [-0.25, -0.2) is 9.18 Å². The van der Waals surface area contributed by atoms with Crippen LogP contribution in [0.5, 0.6) is 0 Å². The molecule has 0 rings (SSSR count). The van der Waals surface area contributed by atoms with Gasteiger partial charge in [0.25, 0.3) is 0 Å². The van der Waals surface area contributed by atoms with Crippen molar-refractivity contribution in [2.24, 2.45) is 0 Å². The van der Waals surface area contributed by atoms with Crippen LogP contribution < -0.4 is 0 Å². The predicted octanol–water partition coefficient (Wildman–Crippen LogP) is 1.19. The van der Waals surface area contributed by atoms with Crippen LogP contribution in [0.25, 0.3) is 0 Å². The van der Waals surface area contributed by atoms with Crippen LogP contribution in [0.3, 0.4) is 0 Å². The number of rotatable bonds is 5. The standard InChI is InChI=1S/C7H7F3O3/c1-2-3-4(8)5(11)7(9,10)6(12)13/h2,4H,1,3H2,(H,12,13). The molecular formula is C7H7F3O3. The second-order valence-corrected chi connectivity index (χ2v) is 2.24. The van der Waals surface area contributed by atoms with Crippen LogP contribution in [0, 0.1) is 0 Å². The van der Waals surface area contributed by atoms with Crippen molar-refractivity contribution in [2.45, 2.75) is 18.5 Å². The van der Waals surface area contributed by atoms with Gasteiger partial charge in [0.05, 0.1) is 0 Å². The topological polar surface area (TPSA) is 54.4 Å². The zero-order valence-electron chi connectivity index (χ0n) is 6.47. The van der Waals surface area contributed by atoms with Gasteiger partial charge in [-0.2, -0.15) is 8.78 Å². The number of carbonyl (C=O) groups excluding carboxylic acids is 1. The molecule has 1 N–H and O–H groups in total. The van der Waals surface area contributed by atoms with E-state index >= 15 is 0 Å². The maximum absolute atomic E-state index is 12.5. The van der Waals surface area contributed by atoms with Crippen LogP contribution in [-0.2, 0) is 9.59 Å². The minimum Gasteiger partial charge on any atom is -0.476 e. The summed E-state index contributed by atoms with van der Waals surface area (Å²) in [4.78, 5) is 20.3. The lowest BCUT2D eigenvalue weighted by molar-refractivity contribution is -0.173. The molecular weight excluding hydrogens is 189 g/mol. The Morgan fingerprint density at radius 3 is 2.31 bits per heavy atom. The van der Waals surface area contributed by atoms with Gasteiger partial charge in [-0.05, 0) is 0 Å². The minimum atomic E-state index is -4.66. The summed E-state index contributed by atoms with van der Waals surface area (Å²) in [6, 6.07) is 0. The Hall–Kier alpha value is -1.33. The third-order valence-electron chi connectivity index (χ3n) is 1.24. The molecule has 0 aliphatic rings. The van der Waals surface area contributed by atoms with Gasteiger partial charge >= 0.3 is 11.9 Å². The molecule has 1 unspecified atom stereocenters. The summed E-state index contributed by atoms with van der Waals surface area (Å²) >= 11 is 0. The number of halogens is 3. The van der Waals surface area contributed by atoms with Gasteiger partial charge in [0.2, 0.25) is 5.78 Å². The van der Waals surface area contributed by atoms with E-state index < -0.39 is 30.3 Å². The van der Waals surface area contributed by atoms with Gasteiger partial charge in [0, 0.05) is 6.42 Å². The maximum Gasteiger partial charge on any atom is 0.402 e. The van der Waals surface area contributed by atoms with E-state index in [2.05, 4.69) is 6.58 Å². The van der Waals surface area contributed by atoms with Crippen LogP contribution in [0.2, 0.25) is 0 Å². The minimum absolute atomic E-state index is 0.623. The van der Waals surface area contributed by atoms with Crippen LogP contribution in [0.15, 0.2) is 12.7 Å². The predicted molar refractivity (Wildman–Crippen MR) is 37.3 cm³/mol. The first-order chi connectivity index (χ1) is 5.84. The number of hydrogen-bond donors (Lipinski definition) is 1. The number of Topliss-reactive ketones (excluding diaryl/α,β-unsaturated/α-hetero) is 1. The highest BCUT2D eigenvalue weighted by atomic mass is 19.3. The molecule has 0 aromatic heterocycles. The van der Waals surface area contributed by atoms with E-state index in [-0.39, 0.29) is 0 Å². The Bertz CT molecular complexity index is 237. The lowest BCUT2D eigenvalue weighted by Crippen LogP contribution is -2.42. The second-order valence-electron chi connectivity index (χ2n) is 2.24. The van der Waals surface area contributed by atoms with Gasteiger partial charge in [-0.3, -0.25) is 4.79 Å². The second kappa shape index (κ2) is 4.06. The third-order valence-corrected chi connectivity index (χ3v) is 1.24. The highest BCUT2D eigenvalue weighted by Gasteiger charge is 2.50. The molecule has 3 nitrogen and oxygen atoms in total. The molecule has 0 aliphatic carbocycles. The number of alkyl halides is 3. The SMILES string of the molecule is C=CCC(F)C(=O)C(F)(F)C(=O)O. The number of carboxylic acid groups (broad SMARTS) is 1. The number of hydrogen-bond acceptors (Lipinski definition) is 2. The summed E-state index contributed by atoms with van der Waals surface area (Å²) in [7, 11) is 0. The smallest absolute Gasteiger partial charge is 0.402 e. The zero-order valence-corrected chi connectivity index (χ0v) is 6.47. The van der Waals surface area contributed by atoms with E-state index in [4.69, 9.17) is 5.11 Å². The summed E-state index contributed by atoms with van der Waals surface area (Å²) in [6.45, 7) is 3.03. The Balaban J connectivity index is 4.58. The summed E-state index contributed by atoms with van der Waals surface area (Å²) in [5, 5.41) is 7.87. The summed E-state index contributed by atoms with van der Waals surface area (Å²) in [5.41, 5.74) is 0. The van der Waals surface area contributed by atoms with E-state index in [0.717, 1.165) is 6.08 Å². The van der Waals surface area contributed by atoms with Gasteiger partial charge < -0.3 is 5.11 Å². The van der Waals surface area contributed by atoms with Gasteiger partial charge in [0.15, 0.2) is 6.17 Å². The Morgan fingerprint density at radius 2 is 2.00 bits per heavy atom. The van der Waals surface area contributed by atoms with Crippen molar-refractivity contribution in [2.75, 3.05) is 0 Å². The third kappa shape index (κ3) is 2.57. The first-order valence-electron chi connectivity index (χ1n) is 3.24. The first-order valence-corrected chi connectivity index (χ1v) is 3.24. The highest BCUT2D eigenvalue weighted by molar-refractivity contribution is 6.06. The molecule has 0 heterocycles. The lowest BCUT2D eigenvalue weighted by Gasteiger charge is -2.11. The van der Waals surface area contributed by atoms with Gasteiger partial charge in [0.1, 0.15) is 0 Å². The van der Waals surface area contributed by atoms with Crippen molar-refractivity contribution in [1.29, 1.82) is 0 Å². The number of ketones is 1. The van der Waals surface area contributed by atoms with Crippen molar-refractivity contribution >= 4 is 11.8 Å². The summed E-state index contributed by atoms with van der Waals surface area (Å²) in [5.74, 6) is -9.56. The molecule has 74 valence electrons. The Morgan fingerprint density at radius 1 is 1.54 bits per heavy atom. The van der Waals surface area contributed by atoms with Crippen molar-refractivity contribution < 1.29 is 27.9 Å². The first kappa shape index (κ1) is 11.7. The summed E-state index contributed by atoms with van der Waals surface area (Å²) < 4.78 is 37.1. The zero-order chi connectivity index (χ0) is 10.6. The molecule has 0 fully saturated rings. The largest absolute Gasteiger partial charge is 0.476 e. The fourth-order valence-corrected chi connectivity index (χ4v) is 0.555. The quantitative estimate of drug-likeness (QED) is 0.530. The molecule has 13 heavy (non-hydrogen) atoms. The van der Waals surface area contributed by atoms with Gasteiger partial charge in [-0.15, -0.1) is 6.58 Å². The van der Waals surface area contributed by atoms with Crippen LogP contribution in [0.4, 0.5) is 13.2 Å². The molecule has 6 heteroatoms. The number of allylic oxidation sites excluding steroid dienone is 1. The highest BCUT2D eigenvalue weighted by Crippen LogP contribution is 2.19. The number of carboxylic acids is 1. The fourth-order valence-electron chi connectivity index (χ4n) is 0.555. The molecule has 0 saturated heterocycles. The Labute approximate surface area is 71.9 Å². The van der Waals surface area contributed by atoms with Crippen LogP contribution >= 0.6 is 0 Å². The molecule has 1 atom stereocenters. The molecule has 0 spiro atoms. The summed E-state index contributed by atoms with van der Waals surface area (Å²) in [6.07, 6.45) is -2.23. The fraction of sp³-hybridized carbons (Fsp3) is 0.429. The average molecular weight is 196 g/mol. The van der Waals surface area contributed by atoms with E-state index in [0.29, 0.717) is 0 Å². The number of carbonyl (C=O) groups is 2. The number of aliphatic carboxylic acids is 1. The average Bonchev–Trinajstić information content (AvgIpc) is 2.03. The molecule has 0 amide bonds. The molecule has 0 bridgehead atoms. The normalized spacial score (nSPS) is 13.5. The maximum atomic E-state index is 12.5. The van der Waals surface area contributed by atoms with E-state index in [1.165, 1.54) is 0 Å². The molecule has 0 aromatic carbocycles.